The first-order valence-corrected chi connectivity index (χ1v) is 14.2. The zero-order valence-corrected chi connectivity index (χ0v) is 22.7. The van der Waals surface area contributed by atoms with Gasteiger partial charge in [0.1, 0.15) is 11.2 Å². The molecule has 7 aromatic carbocycles. The van der Waals surface area contributed by atoms with Gasteiger partial charge in [-0.3, -0.25) is 0 Å². The SMILES string of the molecule is Clc1cc(N(c2ccc3ccccc3c2)c2ccc3c4c(cccc24)-c2ccccc2-3)cc2oc3ccccc3c12. The van der Waals surface area contributed by atoms with Gasteiger partial charge in [0.2, 0.25) is 0 Å². The lowest BCUT2D eigenvalue weighted by molar-refractivity contribution is 0.669. The molecule has 0 spiro atoms. The largest absolute Gasteiger partial charge is 0.456 e. The number of rotatable bonds is 3. The predicted octanol–water partition coefficient (Wildman–Crippen LogP) is 11.7. The first-order valence-electron chi connectivity index (χ1n) is 13.8. The molecule has 9 rings (SSSR count). The standard InChI is InChI=1S/C38H22ClNO/c39-33-21-26(22-36-38(33)32-12-5-6-15-35(32)41-36)40(25-17-16-23-8-1-2-9-24(23)20-25)34-19-18-30-28-11-4-3-10-27(28)29-13-7-14-31(34)37(29)30/h1-22H. The molecule has 0 saturated carbocycles. The van der Waals surface area contributed by atoms with Crippen molar-refractivity contribution in [3.63, 3.8) is 0 Å². The number of hydrogen-bond donors (Lipinski definition) is 0. The number of furan rings is 1. The first kappa shape index (κ1) is 22.7. The lowest BCUT2D eigenvalue weighted by Crippen LogP contribution is -2.10. The molecule has 0 saturated heterocycles. The zero-order chi connectivity index (χ0) is 27.1. The van der Waals surface area contributed by atoms with Crippen LogP contribution < -0.4 is 4.90 Å². The van der Waals surface area contributed by atoms with Crippen molar-refractivity contribution in [1.82, 2.24) is 0 Å². The van der Waals surface area contributed by atoms with E-state index < -0.39 is 0 Å². The van der Waals surface area contributed by atoms with Crippen LogP contribution >= 0.6 is 11.6 Å². The minimum Gasteiger partial charge on any atom is -0.456 e. The van der Waals surface area contributed by atoms with Gasteiger partial charge >= 0.3 is 0 Å². The molecular formula is C38H22ClNO. The molecule has 0 bridgehead atoms. The molecule has 1 aromatic heterocycles. The minimum absolute atomic E-state index is 0.673. The van der Waals surface area contributed by atoms with Crippen LogP contribution in [-0.4, -0.2) is 0 Å². The van der Waals surface area contributed by atoms with Gasteiger partial charge in [0, 0.05) is 27.9 Å². The molecule has 8 aromatic rings. The highest BCUT2D eigenvalue weighted by Crippen LogP contribution is 2.51. The average Bonchev–Trinajstić information content (AvgIpc) is 3.55. The van der Waals surface area contributed by atoms with Crippen molar-refractivity contribution < 1.29 is 4.42 Å². The summed E-state index contributed by atoms with van der Waals surface area (Å²) in [5.41, 5.74) is 9.85. The van der Waals surface area contributed by atoms with E-state index in [1.165, 1.54) is 43.8 Å². The molecule has 1 aliphatic carbocycles. The summed E-state index contributed by atoms with van der Waals surface area (Å²) < 4.78 is 6.33. The van der Waals surface area contributed by atoms with Crippen LogP contribution in [0, 0.1) is 0 Å². The van der Waals surface area contributed by atoms with Crippen LogP contribution in [0.2, 0.25) is 5.02 Å². The maximum absolute atomic E-state index is 7.05. The fourth-order valence-corrected chi connectivity index (χ4v) is 6.96. The summed E-state index contributed by atoms with van der Waals surface area (Å²) in [6.45, 7) is 0. The third-order valence-corrected chi connectivity index (χ3v) is 8.73. The maximum Gasteiger partial charge on any atom is 0.139 e. The van der Waals surface area contributed by atoms with Crippen LogP contribution in [0.1, 0.15) is 0 Å². The van der Waals surface area contributed by atoms with Gasteiger partial charge in [0.25, 0.3) is 0 Å². The van der Waals surface area contributed by atoms with Gasteiger partial charge in [-0.1, -0.05) is 109 Å². The lowest BCUT2D eigenvalue weighted by Gasteiger charge is -2.28. The van der Waals surface area contributed by atoms with Crippen molar-refractivity contribution >= 4 is 72.1 Å². The molecule has 192 valence electrons. The second-order valence-electron chi connectivity index (χ2n) is 10.7. The third kappa shape index (κ3) is 3.26. The van der Waals surface area contributed by atoms with Crippen LogP contribution in [0.15, 0.2) is 138 Å². The third-order valence-electron chi connectivity index (χ3n) is 8.43. The number of anilines is 3. The van der Waals surface area contributed by atoms with Crippen LogP contribution in [0.3, 0.4) is 0 Å². The summed E-state index contributed by atoms with van der Waals surface area (Å²) in [6, 6.07) is 47.2. The Kier molecular flexibility index (Phi) is 4.70. The Balaban J connectivity index is 1.35. The van der Waals surface area contributed by atoms with E-state index in [0.717, 1.165) is 39.0 Å². The average molecular weight is 544 g/mol. The second-order valence-corrected chi connectivity index (χ2v) is 11.1. The molecule has 0 unspecified atom stereocenters. The monoisotopic (exact) mass is 543 g/mol. The Morgan fingerprint density at radius 1 is 0.463 bits per heavy atom. The zero-order valence-electron chi connectivity index (χ0n) is 21.9. The van der Waals surface area contributed by atoms with Gasteiger partial charge in [-0.25, -0.2) is 0 Å². The fourth-order valence-electron chi connectivity index (χ4n) is 6.65. The van der Waals surface area contributed by atoms with Crippen LogP contribution in [0.25, 0.3) is 65.7 Å². The molecule has 41 heavy (non-hydrogen) atoms. The van der Waals surface area contributed by atoms with E-state index in [1.54, 1.807) is 0 Å². The van der Waals surface area contributed by atoms with Crippen LogP contribution in [0.5, 0.6) is 0 Å². The molecule has 1 heterocycles. The molecular weight excluding hydrogens is 522 g/mol. The van der Waals surface area contributed by atoms with E-state index in [4.69, 9.17) is 16.0 Å². The highest BCUT2D eigenvalue weighted by atomic mass is 35.5. The minimum atomic E-state index is 0.673. The normalized spacial score (nSPS) is 12.0. The number of fused-ring (bicyclic) bond motifs is 7. The highest BCUT2D eigenvalue weighted by Gasteiger charge is 2.25. The van der Waals surface area contributed by atoms with Gasteiger partial charge < -0.3 is 9.32 Å². The van der Waals surface area contributed by atoms with Crippen LogP contribution in [0.4, 0.5) is 17.1 Å². The van der Waals surface area contributed by atoms with E-state index in [0.29, 0.717) is 5.02 Å². The van der Waals surface area contributed by atoms with Gasteiger partial charge in [-0.2, -0.15) is 0 Å². The van der Waals surface area contributed by atoms with E-state index in [2.05, 4.69) is 120 Å². The maximum atomic E-state index is 7.05. The Morgan fingerprint density at radius 3 is 2.05 bits per heavy atom. The molecule has 0 aliphatic heterocycles. The molecule has 0 amide bonds. The number of halogens is 1. The Labute approximate surface area is 241 Å². The number of nitrogens with zero attached hydrogens (tertiary/aromatic N) is 1. The summed E-state index contributed by atoms with van der Waals surface area (Å²) in [5, 5.41) is 7.52. The summed E-state index contributed by atoms with van der Waals surface area (Å²) in [7, 11) is 0. The smallest absolute Gasteiger partial charge is 0.139 e. The Bertz CT molecular complexity index is 2320. The van der Waals surface area contributed by atoms with E-state index in [1.807, 2.05) is 18.2 Å². The predicted molar refractivity (Wildman–Crippen MR) is 173 cm³/mol. The molecule has 0 atom stereocenters. The summed E-state index contributed by atoms with van der Waals surface area (Å²) in [4.78, 5) is 2.32. The number of hydrogen-bond acceptors (Lipinski definition) is 2. The lowest BCUT2D eigenvalue weighted by atomic mass is 9.99. The van der Waals surface area contributed by atoms with E-state index in [9.17, 15) is 0 Å². The molecule has 0 radical (unpaired) electrons. The first-order chi connectivity index (χ1) is 20.2. The molecule has 0 fully saturated rings. The van der Waals surface area contributed by atoms with E-state index in [-0.39, 0.29) is 0 Å². The fraction of sp³-hybridized carbons (Fsp3) is 0. The highest BCUT2D eigenvalue weighted by molar-refractivity contribution is 6.38. The summed E-state index contributed by atoms with van der Waals surface area (Å²) >= 11 is 7.05. The van der Waals surface area contributed by atoms with Crippen molar-refractivity contribution in [2.24, 2.45) is 0 Å². The molecule has 3 heteroatoms. The molecule has 1 aliphatic rings. The van der Waals surface area contributed by atoms with Crippen molar-refractivity contribution in [2.75, 3.05) is 4.90 Å². The summed E-state index contributed by atoms with van der Waals surface area (Å²) in [5.74, 6) is 0. The Hall–Kier alpha value is -5.05. The topological polar surface area (TPSA) is 16.4 Å². The van der Waals surface area contributed by atoms with Crippen molar-refractivity contribution in [3.05, 3.63) is 138 Å². The Morgan fingerprint density at radius 2 is 1.17 bits per heavy atom. The quantitative estimate of drug-likeness (QED) is 0.220. The van der Waals surface area contributed by atoms with Gasteiger partial charge in [0.15, 0.2) is 0 Å². The van der Waals surface area contributed by atoms with E-state index >= 15 is 0 Å². The van der Waals surface area contributed by atoms with Crippen LogP contribution in [-0.2, 0) is 0 Å². The van der Waals surface area contributed by atoms with Gasteiger partial charge in [0.05, 0.1) is 16.4 Å². The summed E-state index contributed by atoms with van der Waals surface area (Å²) in [6.07, 6.45) is 0. The van der Waals surface area contributed by atoms with Crippen molar-refractivity contribution in [1.29, 1.82) is 0 Å². The number of para-hydroxylation sites is 1. The van der Waals surface area contributed by atoms with Gasteiger partial charge in [-0.05, 0) is 68.7 Å². The van der Waals surface area contributed by atoms with Crippen molar-refractivity contribution in [3.8, 4) is 22.3 Å². The van der Waals surface area contributed by atoms with Crippen molar-refractivity contribution in [2.45, 2.75) is 0 Å². The molecule has 0 N–H and O–H groups in total. The van der Waals surface area contributed by atoms with Gasteiger partial charge in [-0.15, -0.1) is 0 Å². The molecule has 2 nitrogen and oxygen atoms in total. The number of benzene rings is 7. The second kappa shape index (κ2) is 8.47.